The first-order chi connectivity index (χ1) is 12.7. The molecule has 0 saturated heterocycles. The van der Waals surface area contributed by atoms with Crippen molar-refractivity contribution in [3.8, 4) is 5.82 Å². The van der Waals surface area contributed by atoms with Crippen molar-refractivity contribution in [2.75, 3.05) is 13.6 Å². The molecule has 6 nitrogen and oxygen atoms in total. The molecular weight excluding hydrogens is 348 g/mol. The molecule has 1 aromatic carbocycles. The lowest BCUT2D eigenvalue weighted by Crippen LogP contribution is -2.37. The molecule has 134 valence electrons. The average Bonchev–Trinajstić information content (AvgIpc) is 3.20. The molecule has 0 unspecified atom stereocenters. The summed E-state index contributed by atoms with van der Waals surface area (Å²) >= 11 is 6.01. The van der Waals surface area contributed by atoms with Crippen molar-refractivity contribution in [3.05, 3.63) is 77.2 Å². The topological polar surface area (TPSA) is 67.1 Å². The lowest BCUT2D eigenvalue weighted by Gasteiger charge is -2.12. The summed E-state index contributed by atoms with van der Waals surface area (Å²) in [6, 6.07) is 13.7. The van der Waals surface area contributed by atoms with Crippen LogP contribution in [0.3, 0.4) is 0 Å². The molecule has 0 fully saturated rings. The van der Waals surface area contributed by atoms with E-state index >= 15 is 0 Å². The number of halogens is 1. The van der Waals surface area contributed by atoms with E-state index in [4.69, 9.17) is 11.6 Å². The number of nitrogens with zero attached hydrogens (tertiary/aromatic N) is 4. The third kappa shape index (κ3) is 5.07. The van der Waals surface area contributed by atoms with Gasteiger partial charge in [-0.05, 0) is 47.9 Å². The molecule has 2 heterocycles. The summed E-state index contributed by atoms with van der Waals surface area (Å²) in [4.78, 5) is 8.59. The predicted octanol–water partition coefficient (Wildman–Crippen LogP) is 2.83. The zero-order valence-electron chi connectivity index (χ0n) is 14.6. The highest BCUT2D eigenvalue weighted by Crippen LogP contribution is 2.10. The monoisotopic (exact) mass is 368 g/mol. The predicted molar refractivity (Wildman–Crippen MR) is 105 cm³/mol. The minimum absolute atomic E-state index is 0.646. The quantitative estimate of drug-likeness (QED) is 0.518. The summed E-state index contributed by atoms with van der Waals surface area (Å²) in [5.41, 5.74) is 2.29. The van der Waals surface area contributed by atoms with Crippen LogP contribution in [0, 0.1) is 0 Å². The molecule has 0 spiro atoms. The van der Waals surface area contributed by atoms with Gasteiger partial charge in [-0.1, -0.05) is 23.7 Å². The van der Waals surface area contributed by atoms with Crippen molar-refractivity contribution < 1.29 is 0 Å². The second-order valence-electron chi connectivity index (χ2n) is 5.71. The smallest absolute Gasteiger partial charge is 0.191 e. The van der Waals surface area contributed by atoms with Gasteiger partial charge in [0, 0.05) is 43.8 Å². The van der Waals surface area contributed by atoms with Crippen molar-refractivity contribution in [2.24, 2.45) is 4.99 Å². The van der Waals surface area contributed by atoms with Crippen LogP contribution in [0.5, 0.6) is 0 Å². The lowest BCUT2D eigenvalue weighted by molar-refractivity contribution is 0.789. The number of hydrogen-bond acceptors (Lipinski definition) is 3. The Hall–Kier alpha value is -2.86. The number of aromatic nitrogens is 3. The zero-order chi connectivity index (χ0) is 18.2. The Bertz CT molecular complexity index is 860. The molecule has 0 aliphatic heterocycles. The Labute approximate surface area is 157 Å². The van der Waals surface area contributed by atoms with Crippen LogP contribution in [0.2, 0.25) is 5.02 Å². The summed E-state index contributed by atoms with van der Waals surface area (Å²) in [6.45, 7) is 1.42. The van der Waals surface area contributed by atoms with Gasteiger partial charge in [-0.3, -0.25) is 4.99 Å². The van der Waals surface area contributed by atoms with Crippen molar-refractivity contribution in [2.45, 2.75) is 13.0 Å². The highest BCUT2D eigenvalue weighted by Gasteiger charge is 2.02. The molecule has 0 amide bonds. The van der Waals surface area contributed by atoms with Crippen molar-refractivity contribution in [1.82, 2.24) is 25.4 Å². The second kappa shape index (κ2) is 9.01. The fraction of sp³-hybridized carbons (Fsp3) is 0.211. The number of rotatable bonds is 6. The molecule has 3 aromatic rings. The number of hydrogen-bond donors (Lipinski definition) is 2. The van der Waals surface area contributed by atoms with Gasteiger partial charge in [0.2, 0.25) is 0 Å². The molecule has 0 saturated carbocycles. The highest BCUT2D eigenvalue weighted by molar-refractivity contribution is 6.30. The van der Waals surface area contributed by atoms with Crippen LogP contribution >= 0.6 is 11.6 Å². The summed E-state index contributed by atoms with van der Waals surface area (Å²) in [5.74, 6) is 1.54. The third-order valence-electron chi connectivity index (χ3n) is 3.83. The summed E-state index contributed by atoms with van der Waals surface area (Å²) in [7, 11) is 1.76. The van der Waals surface area contributed by atoms with E-state index in [2.05, 4.69) is 31.8 Å². The molecule has 0 aliphatic rings. The number of guanidine groups is 1. The van der Waals surface area contributed by atoms with E-state index in [1.807, 2.05) is 42.6 Å². The minimum atomic E-state index is 0.646. The van der Waals surface area contributed by atoms with Gasteiger partial charge in [-0.25, -0.2) is 9.67 Å². The van der Waals surface area contributed by atoms with E-state index in [1.54, 1.807) is 24.1 Å². The van der Waals surface area contributed by atoms with Crippen molar-refractivity contribution in [3.63, 3.8) is 0 Å². The number of nitrogens with one attached hydrogen (secondary N) is 2. The molecular formula is C19H21ClN6. The van der Waals surface area contributed by atoms with Crippen molar-refractivity contribution in [1.29, 1.82) is 0 Å². The van der Waals surface area contributed by atoms with Crippen molar-refractivity contribution >= 4 is 17.6 Å². The van der Waals surface area contributed by atoms with Crippen LogP contribution in [0.4, 0.5) is 0 Å². The number of pyridine rings is 1. The zero-order valence-corrected chi connectivity index (χ0v) is 15.3. The number of aliphatic imine (C=N–C) groups is 1. The lowest BCUT2D eigenvalue weighted by atomic mass is 10.1. The average molecular weight is 369 g/mol. The van der Waals surface area contributed by atoms with E-state index in [1.165, 1.54) is 5.56 Å². The molecule has 7 heteroatoms. The molecule has 3 rings (SSSR count). The van der Waals surface area contributed by atoms with Gasteiger partial charge < -0.3 is 10.6 Å². The first-order valence-corrected chi connectivity index (χ1v) is 8.76. The largest absolute Gasteiger partial charge is 0.356 e. The van der Waals surface area contributed by atoms with Crippen LogP contribution in [0.15, 0.2) is 66.0 Å². The summed E-state index contributed by atoms with van der Waals surface area (Å²) in [5, 5.41) is 11.6. The SMILES string of the molecule is CN=C(NCCc1cccc(Cl)c1)NCc1ccnc(-n2cccn2)c1. The maximum Gasteiger partial charge on any atom is 0.191 e. The van der Waals surface area contributed by atoms with Gasteiger partial charge in [-0.2, -0.15) is 5.10 Å². The van der Waals surface area contributed by atoms with Crippen LogP contribution in [0.1, 0.15) is 11.1 Å². The van der Waals surface area contributed by atoms with Gasteiger partial charge in [0.25, 0.3) is 0 Å². The summed E-state index contributed by atoms with van der Waals surface area (Å²) < 4.78 is 1.74. The van der Waals surface area contributed by atoms with Crippen LogP contribution in [0.25, 0.3) is 5.82 Å². The molecule has 0 aliphatic carbocycles. The van der Waals surface area contributed by atoms with Gasteiger partial charge in [0.15, 0.2) is 11.8 Å². The van der Waals surface area contributed by atoms with E-state index in [-0.39, 0.29) is 0 Å². The second-order valence-corrected chi connectivity index (χ2v) is 6.14. The molecule has 0 bridgehead atoms. The standard InChI is InChI=1S/C19H21ClN6/c1-21-19(23-10-6-15-4-2-5-17(20)12-15)24-14-16-7-9-22-18(13-16)26-11-3-8-25-26/h2-5,7-9,11-13H,6,10,14H2,1H3,(H2,21,23,24). The maximum atomic E-state index is 6.01. The molecule has 0 atom stereocenters. The molecule has 2 aromatic heterocycles. The Morgan fingerprint density at radius 3 is 2.81 bits per heavy atom. The van der Waals surface area contributed by atoms with E-state index in [0.717, 1.165) is 35.3 Å². The highest BCUT2D eigenvalue weighted by atomic mass is 35.5. The van der Waals surface area contributed by atoms with E-state index in [9.17, 15) is 0 Å². The fourth-order valence-corrected chi connectivity index (χ4v) is 2.74. The van der Waals surface area contributed by atoms with Crippen LogP contribution < -0.4 is 10.6 Å². The molecule has 2 N–H and O–H groups in total. The maximum absolute atomic E-state index is 6.01. The number of benzene rings is 1. The van der Waals surface area contributed by atoms with Gasteiger partial charge in [0.05, 0.1) is 0 Å². The fourth-order valence-electron chi connectivity index (χ4n) is 2.52. The summed E-state index contributed by atoms with van der Waals surface area (Å²) in [6.07, 6.45) is 6.26. The van der Waals surface area contributed by atoms with E-state index < -0.39 is 0 Å². The Kier molecular flexibility index (Phi) is 6.22. The van der Waals surface area contributed by atoms with Crippen LogP contribution in [-0.4, -0.2) is 34.3 Å². The molecule has 26 heavy (non-hydrogen) atoms. The normalized spacial score (nSPS) is 11.4. The molecule has 0 radical (unpaired) electrons. The Balaban J connectivity index is 1.50. The third-order valence-corrected chi connectivity index (χ3v) is 4.06. The van der Waals surface area contributed by atoms with Crippen LogP contribution in [-0.2, 0) is 13.0 Å². The Morgan fingerprint density at radius 1 is 1.12 bits per heavy atom. The van der Waals surface area contributed by atoms with Gasteiger partial charge in [0.1, 0.15) is 0 Å². The minimum Gasteiger partial charge on any atom is -0.356 e. The first-order valence-electron chi connectivity index (χ1n) is 8.38. The van der Waals surface area contributed by atoms with Gasteiger partial charge in [-0.15, -0.1) is 0 Å². The van der Waals surface area contributed by atoms with Gasteiger partial charge >= 0.3 is 0 Å². The first kappa shape index (κ1) is 17.9. The van der Waals surface area contributed by atoms with E-state index in [0.29, 0.717) is 6.54 Å². The Morgan fingerprint density at radius 2 is 2.04 bits per heavy atom.